The number of hydrogen-bond acceptors (Lipinski definition) is 7. The summed E-state index contributed by atoms with van der Waals surface area (Å²) in [5.74, 6) is -2.53. The molecule has 0 spiro atoms. The molecule has 0 bridgehead atoms. The van der Waals surface area contributed by atoms with Gasteiger partial charge in [-0.3, -0.25) is 4.79 Å². The minimum atomic E-state index is -1.57. The summed E-state index contributed by atoms with van der Waals surface area (Å²) in [6.45, 7) is 0.891. The van der Waals surface area contributed by atoms with E-state index >= 15 is 0 Å². The van der Waals surface area contributed by atoms with E-state index < -0.39 is 48.1 Å². The van der Waals surface area contributed by atoms with E-state index in [1.54, 1.807) is 0 Å². The summed E-state index contributed by atoms with van der Waals surface area (Å²) in [6, 6.07) is -1.10. The van der Waals surface area contributed by atoms with Crippen LogP contribution >= 0.6 is 0 Å². The summed E-state index contributed by atoms with van der Waals surface area (Å²) in [7, 11) is 0. The van der Waals surface area contributed by atoms with Crippen LogP contribution in [0.15, 0.2) is 11.8 Å². The number of carboxylic acid groups (broad SMARTS) is 1. The molecule has 1 rings (SSSR count). The normalized spacial score (nSPS) is 28.9. The third-order valence-electron chi connectivity index (χ3n) is 2.86. The molecule has 0 fully saturated rings. The number of amides is 1. The molecule has 1 amide bonds. The van der Waals surface area contributed by atoms with Gasteiger partial charge in [-0.25, -0.2) is 4.79 Å². The predicted octanol–water partition coefficient (Wildman–Crippen LogP) is -3.10. The summed E-state index contributed by atoms with van der Waals surface area (Å²) in [4.78, 5) is 22.0. The van der Waals surface area contributed by atoms with E-state index in [0.29, 0.717) is 0 Å². The summed E-state index contributed by atoms with van der Waals surface area (Å²) in [5.41, 5.74) is 5.21. The van der Waals surface area contributed by atoms with E-state index in [-0.39, 0.29) is 6.54 Å². The second-order valence-corrected chi connectivity index (χ2v) is 4.43. The molecular weight excluding hydrogens is 272 g/mol. The Hall–Kier alpha value is -1.68. The Kier molecular flexibility index (Phi) is 5.45. The molecule has 1 aliphatic heterocycles. The Morgan fingerprint density at radius 2 is 2.10 bits per heavy atom. The van der Waals surface area contributed by atoms with Crippen LogP contribution in [0.5, 0.6) is 0 Å². The van der Waals surface area contributed by atoms with Gasteiger partial charge in [-0.1, -0.05) is 0 Å². The summed E-state index contributed by atoms with van der Waals surface area (Å²) in [6.07, 6.45) is -4.79. The smallest absolute Gasteiger partial charge is 0.370 e. The fraction of sp³-hybridized carbons (Fsp3) is 0.636. The molecule has 20 heavy (non-hydrogen) atoms. The molecule has 0 saturated heterocycles. The molecule has 0 aliphatic carbocycles. The van der Waals surface area contributed by atoms with Gasteiger partial charge >= 0.3 is 5.97 Å². The van der Waals surface area contributed by atoms with Gasteiger partial charge in [-0.15, -0.1) is 0 Å². The molecule has 0 radical (unpaired) electrons. The van der Waals surface area contributed by atoms with Crippen LogP contribution in [0.3, 0.4) is 0 Å². The first-order valence-corrected chi connectivity index (χ1v) is 5.91. The molecule has 0 aromatic carbocycles. The molecule has 0 aromatic heterocycles. The van der Waals surface area contributed by atoms with Crippen molar-refractivity contribution in [2.75, 3.05) is 6.54 Å². The Balaban J connectivity index is 3.04. The van der Waals surface area contributed by atoms with E-state index in [1.807, 2.05) is 0 Å². The lowest BCUT2D eigenvalue weighted by Crippen LogP contribution is -2.60. The van der Waals surface area contributed by atoms with Crippen LogP contribution in [0.25, 0.3) is 0 Å². The number of hydrogen-bond donors (Lipinski definition) is 6. The fourth-order valence-electron chi connectivity index (χ4n) is 1.88. The van der Waals surface area contributed by atoms with Gasteiger partial charge in [0.15, 0.2) is 6.10 Å². The maximum Gasteiger partial charge on any atom is 0.370 e. The highest BCUT2D eigenvalue weighted by Crippen LogP contribution is 2.22. The van der Waals surface area contributed by atoms with Crippen molar-refractivity contribution in [3.8, 4) is 0 Å². The largest absolute Gasteiger partial charge is 0.478 e. The van der Waals surface area contributed by atoms with Crippen molar-refractivity contribution in [3.63, 3.8) is 0 Å². The van der Waals surface area contributed by atoms with Crippen molar-refractivity contribution >= 4 is 11.9 Å². The summed E-state index contributed by atoms with van der Waals surface area (Å²) >= 11 is 0. The first kappa shape index (κ1) is 16.4. The van der Waals surface area contributed by atoms with Crippen LogP contribution in [0.4, 0.5) is 0 Å². The fourth-order valence-corrected chi connectivity index (χ4v) is 1.88. The van der Waals surface area contributed by atoms with Crippen LogP contribution in [0.1, 0.15) is 6.92 Å². The molecule has 0 aromatic rings. The van der Waals surface area contributed by atoms with Crippen LogP contribution in [0.2, 0.25) is 0 Å². The number of carboxylic acids is 1. The van der Waals surface area contributed by atoms with Crippen LogP contribution in [-0.4, -0.2) is 69.3 Å². The quantitative estimate of drug-likeness (QED) is 0.310. The molecule has 7 N–H and O–H groups in total. The number of carbonyl (C=O) groups is 2. The number of nitrogens with one attached hydrogen (secondary N) is 1. The molecule has 0 saturated carbocycles. The average molecular weight is 290 g/mol. The Bertz CT molecular complexity index is 412. The van der Waals surface area contributed by atoms with Crippen LogP contribution in [-0.2, 0) is 14.3 Å². The van der Waals surface area contributed by atoms with Crippen molar-refractivity contribution in [1.82, 2.24) is 5.32 Å². The van der Waals surface area contributed by atoms with Gasteiger partial charge in [0.05, 0.1) is 12.1 Å². The second kappa shape index (κ2) is 6.66. The molecule has 1 aliphatic rings. The minimum absolute atomic E-state index is 0.296. The number of rotatable bonds is 5. The summed E-state index contributed by atoms with van der Waals surface area (Å²) < 4.78 is 5.04. The predicted molar refractivity (Wildman–Crippen MR) is 65.3 cm³/mol. The van der Waals surface area contributed by atoms with Gasteiger partial charge in [-0.2, -0.15) is 0 Å². The third kappa shape index (κ3) is 3.67. The number of aliphatic carboxylic acids is 1. The molecule has 114 valence electrons. The molecule has 9 heteroatoms. The standard InChI is InChI=1S/C11H18N2O7/c1-4(14)13-8-5(15)2-7(11(18)19)20-10(8)9(17)6(16)3-12/h2,5-6,8-10,15-17H,3,12H2,1H3,(H,13,14)(H,18,19). The molecule has 5 atom stereocenters. The van der Waals surface area contributed by atoms with Crippen LogP contribution in [0, 0.1) is 0 Å². The topological polar surface area (TPSA) is 162 Å². The van der Waals surface area contributed by atoms with Gasteiger partial charge in [0, 0.05) is 13.5 Å². The number of aliphatic hydroxyl groups is 3. The molecule has 1 heterocycles. The number of ether oxygens (including phenoxy) is 1. The highest BCUT2D eigenvalue weighted by molar-refractivity contribution is 5.84. The van der Waals surface area contributed by atoms with E-state index in [0.717, 1.165) is 6.08 Å². The summed E-state index contributed by atoms with van der Waals surface area (Å²) in [5, 5.41) is 40.5. The number of nitrogens with two attached hydrogens (primary N) is 1. The van der Waals surface area contributed by atoms with Crippen molar-refractivity contribution in [2.24, 2.45) is 5.73 Å². The lowest BCUT2D eigenvalue weighted by Gasteiger charge is -2.38. The molecular formula is C11H18N2O7. The zero-order chi connectivity index (χ0) is 15.4. The van der Waals surface area contributed by atoms with E-state index in [1.165, 1.54) is 6.92 Å². The zero-order valence-electron chi connectivity index (χ0n) is 10.8. The molecule has 9 nitrogen and oxygen atoms in total. The Morgan fingerprint density at radius 3 is 2.55 bits per heavy atom. The number of aliphatic hydroxyl groups excluding tert-OH is 3. The second-order valence-electron chi connectivity index (χ2n) is 4.43. The first-order valence-electron chi connectivity index (χ1n) is 5.91. The highest BCUT2D eigenvalue weighted by atomic mass is 16.5. The maximum atomic E-state index is 11.1. The van der Waals surface area contributed by atoms with Crippen LogP contribution < -0.4 is 11.1 Å². The lowest BCUT2D eigenvalue weighted by atomic mass is 9.93. The van der Waals surface area contributed by atoms with Gasteiger partial charge < -0.3 is 36.2 Å². The van der Waals surface area contributed by atoms with Crippen molar-refractivity contribution in [1.29, 1.82) is 0 Å². The Labute approximate surface area is 114 Å². The zero-order valence-corrected chi connectivity index (χ0v) is 10.8. The monoisotopic (exact) mass is 290 g/mol. The highest BCUT2D eigenvalue weighted by Gasteiger charge is 2.42. The van der Waals surface area contributed by atoms with Gasteiger partial charge in [0.2, 0.25) is 11.7 Å². The minimum Gasteiger partial charge on any atom is -0.478 e. The van der Waals surface area contributed by atoms with Gasteiger partial charge in [0.1, 0.15) is 12.2 Å². The third-order valence-corrected chi connectivity index (χ3v) is 2.86. The van der Waals surface area contributed by atoms with Crippen molar-refractivity contribution < 1.29 is 34.8 Å². The van der Waals surface area contributed by atoms with Crippen molar-refractivity contribution in [3.05, 3.63) is 11.8 Å². The van der Waals surface area contributed by atoms with E-state index in [9.17, 15) is 24.9 Å². The average Bonchev–Trinajstić information content (AvgIpc) is 2.38. The van der Waals surface area contributed by atoms with Crippen molar-refractivity contribution in [2.45, 2.75) is 37.4 Å². The maximum absolute atomic E-state index is 11.1. The SMILES string of the molecule is CC(=O)NC1C(O)C=C(C(=O)O)OC1C(O)C(O)CN. The Morgan fingerprint density at radius 1 is 1.50 bits per heavy atom. The van der Waals surface area contributed by atoms with Gasteiger partial charge in [-0.05, 0) is 6.08 Å². The lowest BCUT2D eigenvalue weighted by molar-refractivity contribution is -0.147. The first-order chi connectivity index (χ1) is 9.27. The molecule has 5 unspecified atom stereocenters. The van der Waals surface area contributed by atoms with E-state index in [2.05, 4.69) is 5.32 Å². The van der Waals surface area contributed by atoms with Gasteiger partial charge in [0.25, 0.3) is 0 Å². The number of carbonyl (C=O) groups excluding carboxylic acids is 1. The van der Waals surface area contributed by atoms with E-state index in [4.69, 9.17) is 15.6 Å².